The van der Waals surface area contributed by atoms with Crippen molar-refractivity contribution < 1.29 is 0 Å². The molecule has 0 radical (unpaired) electrons. The van der Waals surface area contributed by atoms with Gasteiger partial charge in [-0.05, 0) is 35.2 Å². The lowest BCUT2D eigenvalue weighted by atomic mass is 9.87. The Morgan fingerprint density at radius 2 is 1.55 bits per heavy atom. The first-order chi connectivity index (χ1) is 14.8. The Balaban J connectivity index is 1.86. The fourth-order valence-electron chi connectivity index (χ4n) is 3.92. The Kier molecular flexibility index (Phi) is 4.76. The number of fused-ring (bicyclic) bond motifs is 3. The lowest BCUT2D eigenvalue weighted by molar-refractivity contribution is 0.590. The summed E-state index contributed by atoms with van der Waals surface area (Å²) in [6.07, 6.45) is 1.85. The van der Waals surface area contributed by atoms with Gasteiger partial charge in [-0.2, -0.15) is 5.10 Å². The summed E-state index contributed by atoms with van der Waals surface area (Å²) in [6, 6.07) is 22.3. The molecule has 5 heteroatoms. The summed E-state index contributed by atoms with van der Waals surface area (Å²) >= 11 is 12.9. The second kappa shape index (κ2) is 7.37. The van der Waals surface area contributed by atoms with Crippen LogP contribution in [0.1, 0.15) is 26.3 Å². The van der Waals surface area contributed by atoms with Crippen molar-refractivity contribution in [2.24, 2.45) is 0 Å². The third kappa shape index (κ3) is 3.48. The van der Waals surface area contributed by atoms with E-state index in [1.54, 1.807) is 6.07 Å². The molecule has 0 saturated carbocycles. The Hall–Kier alpha value is -2.88. The average Bonchev–Trinajstić information content (AvgIpc) is 3.14. The first-order valence-electron chi connectivity index (χ1n) is 10.2. The average molecular weight is 446 g/mol. The van der Waals surface area contributed by atoms with Gasteiger partial charge in [-0.3, -0.25) is 4.98 Å². The predicted molar refractivity (Wildman–Crippen MR) is 131 cm³/mol. The molecule has 0 aliphatic carbocycles. The lowest BCUT2D eigenvalue weighted by Gasteiger charge is -2.19. The molecule has 0 saturated heterocycles. The van der Waals surface area contributed by atoms with Crippen LogP contribution in [0.15, 0.2) is 72.9 Å². The predicted octanol–water partition coefficient (Wildman–Crippen LogP) is 7.85. The first-order valence-corrected chi connectivity index (χ1v) is 10.9. The van der Waals surface area contributed by atoms with Crippen LogP contribution in [-0.2, 0) is 5.41 Å². The highest BCUT2D eigenvalue weighted by molar-refractivity contribution is 6.39. The Bertz CT molecular complexity index is 1410. The molecule has 0 bridgehead atoms. The first kappa shape index (κ1) is 20.0. The zero-order chi connectivity index (χ0) is 21.8. The fraction of sp³-hybridized carbons (Fsp3) is 0.154. The molecule has 0 fully saturated rings. The van der Waals surface area contributed by atoms with Crippen molar-refractivity contribution >= 4 is 45.0 Å². The third-order valence-electron chi connectivity index (χ3n) is 5.55. The maximum absolute atomic E-state index is 6.48. The molecule has 0 unspecified atom stereocenters. The molecular weight excluding hydrogens is 425 g/mol. The van der Waals surface area contributed by atoms with Gasteiger partial charge in [0.05, 0.1) is 21.7 Å². The van der Waals surface area contributed by atoms with Crippen molar-refractivity contribution in [2.45, 2.75) is 26.2 Å². The van der Waals surface area contributed by atoms with E-state index in [0.29, 0.717) is 15.6 Å². The molecule has 0 atom stereocenters. The highest BCUT2D eigenvalue weighted by Crippen LogP contribution is 2.37. The van der Waals surface area contributed by atoms with E-state index in [0.717, 1.165) is 33.2 Å². The van der Waals surface area contributed by atoms with Crippen LogP contribution in [0.5, 0.6) is 0 Å². The summed E-state index contributed by atoms with van der Waals surface area (Å²) in [7, 11) is 0. The van der Waals surface area contributed by atoms with Gasteiger partial charge in [0.1, 0.15) is 5.69 Å². The van der Waals surface area contributed by atoms with E-state index in [9.17, 15) is 0 Å². The van der Waals surface area contributed by atoms with Crippen molar-refractivity contribution in [3.63, 3.8) is 0 Å². The summed E-state index contributed by atoms with van der Waals surface area (Å²) in [6.45, 7) is 6.63. The zero-order valence-electron chi connectivity index (χ0n) is 17.5. The van der Waals surface area contributed by atoms with E-state index in [-0.39, 0.29) is 5.41 Å². The number of hydrogen-bond acceptors (Lipinski definition) is 2. The molecule has 5 aromatic rings. The molecule has 0 amide bonds. The van der Waals surface area contributed by atoms with Gasteiger partial charge in [0.25, 0.3) is 0 Å². The second-order valence-electron chi connectivity index (χ2n) is 8.73. The van der Waals surface area contributed by atoms with Crippen molar-refractivity contribution in [1.29, 1.82) is 0 Å². The molecule has 3 aromatic carbocycles. The van der Waals surface area contributed by atoms with E-state index in [1.165, 1.54) is 5.56 Å². The third-order valence-corrected chi connectivity index (χ3v) is 6.06. The zero-order valence-corrected chi connectivity index (χ0v) is 19.0. The molecule has 31 heavy (non-hydrogen) atoms. The minimum atomic E-state index is 0.0809. The van der Waals surface area contributed by atoms with Crippen LogP contribution in [0.4, 0.5) is 0 Å². The molecule has 2 aromatic heterocycles. The van der Waals surface area contributed by atoms with Gasteiger partial charge in [0.15, 0.2) is 0 Å². The van der Waals surface area contributed by atoms with E-state index >= 15 is 0 Å². The van der Waals surface area contributed by atoms with Crippen molar-refractivity contribution in [1.82, 2.24) is 14.8 Å². The van der Waals surface area contributed by atoms with Gasteiger partial charge >= 0.3 is 0 Å². The van der Waals surface area contributed by atoms with Gasteiger partial charge in [-0.1, -0.05) is 86.4 Å². The summed E-state index contributed by atoms with van der Waals surface area (Å²) in [5.41, 5.74) is 5.89. The van der Waals surface area contributed by atoms with Gasteiger partial charge in [0.2, 0.25) is 0 Å². The van der Waals surface area contributed by atoms with Gasteiger partial charge in [0, 0.05) is 27.6 Å². The molecule has 154 valence electrons. The summed E-state index contributed by atoms with van der Waals surface area (Å²) in [5, 5.41) is 7.96. The van der Waals surface area contributed by atoms with Crippen LogP contribution in [0.25, 0.3) is 38.8 Å². The number of nitrogens with zero attached hydrogens (tertiary/aromatic N) is 3. The van der Waals surface area contributed by atoms with E-state index < -0.39 is 0 Å². The quantitative estimate of drug-likeness (QED) is 0.277. The van der Waals surface area contributed by atoms with Crippen LogP contribution in [0.2, 0.25) is 10.0 Å². The smallest absolute Gasteiger partial charge is 0.102 e. The van der Waals surface area contributed by atoms with Crippen LogP contribution < -0.4 is 0 Å². The number of hydrogen-bond donors (Lipinski definition) is 0. The highest BCUT2D eigenvalue weighted by Gasteiger charge is 2.19. The van der Waals surface area contributed by atoms with Crippen LogP contribution in [0, 0.1) is 0 Å². The summed E-state index contributed by atoms with van der Waals surface area (Å²) in [5.74, 6) is 0. The van der Waals surface area contributed by atoms with E-state index in [4.69, 9.17) is 28.3 Å². The summed E-state index contributed by atoms with van der Waals surface area (Å²) in [4.78, 5) is 4.65. The van der Waals surface area contributed by atoms with E-state index in [2.05, 4.69) is 62.2 Å². The van der Waals surface area contributed by atoms with Crippen molar-refractivity contribution in [3.05, 3.63) is 88.5 Å². The highest BCUT2D eigenvalue weighted by atomic mass is 35.5. The Morgan fingerprint density at radius 3 is 2.23 bits per heavy atom. The topological polar surface area (TPSA) is 30.7 Å². The normalized spacial score (nSPS) is 12.0. The van der Waals surface area contributed by atoms with E-state index in [1.807, 2.05) is 35.1 Å². The molecule has 0 aliphatic rings. The molecule has 0 N–H and O–H groups in total. The number of halogens is 2. The van der Waals surface area contributed by atoms with Crippen molar-refractivity contribution in [2.75, 3.05) is 0 Å². The number of pyridine rings is 1. The Morgan fingerprint density at radius 1 is 0.839 bits per heavy atom. The molecule has 2 heterocycles. The molecule has 5 rings (SSSR count). The van der Waals surface area contributed by atoms with Gasteiger partial charge in [-0.15, -0.1) is 0 Å². The minimum absolute atomic E-state index is 0.0809. The number of aromatic nitrogens is 3. The minimum Gasteiger partial charge on any atom is -0.254 e. The molecule has 0 aliphatic heterocycles. The van der Waals surface area contributed by atoms with Crippen LogP contribution in [0.3, 0.4) is 0 Å². The maximum atomic E-state index is 6.48. The largest absolute Gasteiger partial charge is 0.254 e. The molecular formula is C26H21Cl2N3. The molecule has 0 spiro atoms. The van der Waals surface area contributed by atoms with Crippen molar-refractivity contribution in [3.8, 4) is 16.9 Å². The Labute approximate surface area is 191 Å². The lowest BCUT2D eigenvalue weighted by Crippen LogP contribution is -2.11. The summed E-state index contributed by atoms with van der Waals surface area (Å²) < 4.78 is 1.97. The van der Waals surface area contributed by atoms with Gasteiger partial charge < -0.3 is 0 Å². The fourth-order valence-corrected chi connectivity index (χ4v) is 4.46. The van der Waals surface area contributed by atoms with Crippen LogP contribution in [-0.4, -0.2) is 14.8 Å². The number of benzene rings is 3. The molecule has 3 nitrogen and oxygen atoms in total. The second-order valence-corrected chi connectivity index (χ2v) is 9.57. The maximum Gasteiger partial charge on any atom is 0.102 e. The number of rotatable bonds is 2. The SMILES string of the molecule is CC(C)(C)c1ccc(-n2nc(-c3ccccc3)c3cnc4c(Cl)cc(Cl)cc4c32)cc1. The van der Waals surface area contributed by atoms with Crippen LogP contribution >= 0.6 is 23.2 Å². The van der Waals surface area contributed by atoms with Gasteiger partial charge in [-0.25, -0.2) is 4.68 Å². The monoisotopic (exact) mass is 445 g/mol. The standard InChI is InChI=1S/C26H21Cl2N3/c1-26(2,3)17-9-11-19(12-10-17)31-25-20-13-18(27)14-22(28)24(20)29-15-21(25)23(30-31)16-7-5-4-6-8-16/h4-15H,1-3H3.